The number of carbonyl (C=O) groups excluding carboxylic acids is 1. The third-order valence-electron chi connectivity index (χ3n) is 6.52. The highest BCUT2D eigenvalue weighted by molar-refractivity contribution is 5.91. The first-order valence-electron chi connectivity index (χ1n) is 9.97. The van der Waals surface area contributed by atoms with Crippen molar-refractivity contribution in [3.63, 3.8) is 0 Å². The minimum atomic E-state index is -0.114. The molecular weight excluding hydrogens is 340 g/mol. The van der Waals surface area contributed by atoms with Crippen molar-refractivity contribution in [1.82, 2.24) is 20.0 Å². The van der Waals surface area contributed by atoms with Crippen molar-refractivity contribution in [3.8, 4) is 0 Å². The summed E-state index contributed by atoms with van der Waals surface area (Å²) in [4.78, 5) is 15.3. The molecule has 6 nitrogen and oxygen atoms in total. The minimum absolute atomic E-state index is 0.114. The van der Waals surface area contributed by atoms with E-state index in [-0.39, 0.29) is 12.1 Å². The average molecular weight is 366 g/mol. The summed E-state index contributed by atoms with van der Waals surface area (Å²) in [5, 5.41) is 8.58. The molecule has 4 heterocycles. The lowest BCUT2D eigenvalue weighted by atomic mass is 9.98. The summed E-state index contributed by atoms with van der Waals surface area (Å²) >= 11 is 0. The van der Waals surface area contributed by atoms with Gasteiger partial charge in [-0.1, -0.05) is 12.1 Å². The van der Waals surface area contributed by atoms with Gasteiger partial charge in [-0.15, -0.1) is 0 Å². The van der Waals surface area contributed by atoms with Gasteiger partial charge in [0.1, 0.15) is 0 Å². The Hall–Kier alpha value is -2.18. The zero-order chi connectivity index (χ0) is 18.4. The van der Waals surface area contributed by atoms with Crippen LogP contribution in [-0.2, 0) is 4.74 Å². The molecule has 1 amide bonds. The van der Waals surface area contributed by atoms with Gasteiger partial charge in [0.05, 0.1) is 24.9 Å². The second-order valence-electron chi connectivity index (χ2n) is 8.05. The molecule has 2 fully saturated rings. The van der Waals surface area contributed by atoms with E-state index < -0.39 is 0 Å². The van der Waals surface area contributed by atoms with Crippen molar-refractivity contribution in [2.45, 2.75) is 50.2 Å². The highest BCUT2D eigenvalue weighted by Gasteiger charge is 2.39. The molecule has 5 rings (SSSR count). The van der Waals surface area contributed by atoms with Gasteiger partial charge < -0.3 is 15.0 Å². The SMILES string of the molecule is CN1C2CCC1CC(NC(=O)n1ncc3cc(C4=CCOCC4)ccc31)C2. The van der Waals surface area contributed by atoms with E-state index >= 15 is 0 Å². The molecular formula is C21H26N4O2. The van der Waals surface area contributed by atoms with Crippen LogP contribution in [-0.4, -0.2) is 59.1 Å². The van der Waals surface area contributed by atoms with Crippen LogP contribution < -0.4 is 5.32 Å². The Bertz CT molecular complexity index is 889. The van der Waals surface area contributed by atoms with E-state index in [0.29, 0.717) is 18.7 Å². The minimum Gasteiger partial charge on any atom is -0.377 e. The average Bonchev–Trinajstić information content (AvgIpc) is 3.19. The Balaban J connectivity index is 1.34. The van der Waals surface area contributed by atoms with E-state index in [4.69, 9.17) is 4.74 Å². The van der Waals surface area contributed by atoms with Gasteiger partial charge in [-0.2, -0.15) is 9.78 Å². The van der Waals surface area contributed by atoms with Crippen LogP contribution in [0, 0.1) is 0 Å². The predicted molar refractivity (Wildman–Crippen MR) is 105 cm³/mol. The van der Waals surface area contributed by atoms with Crippen LogP contribution >= 0.6 is 0 Å². The quantitative estimate of drug-likeness (QED) is 0.888. The Kier molecular flexibility index (Phi) is 4.25. The van der Waals surface area contributed by atoms with Crippen LogP contribution in [0.5, 0.6) is 0 Å². The van der Waals surface area contributed by atoms with Gasteiger partial charge in [0, 0.05) is 23.5 Å². The molecule has 1 aromatic carbocycles. The van der Waals surface area contributed by atoms with Gasteiger partial charge in [-0.3, -0.25) is 0 Å². The van der Waals surface area contributed by atoms with Crippen LogP contribution in [0.4, 0.5) is 4.79 Å². The first kappa shape index (κ1) is 17.0. The number of rotatable bonds is 2. The second-order valence-corrected chi connectivity index (χ2v) is 8.05. The molecule has 0 saturated carbocycles. The van der Waals surface area contributed by atoms with Crippen molar-refractivity contribution in [1.29, 1.82) is 0 Å². The smallest absolute Gasteiger partial charge is 0.342 e. The molecule has 6 heteroatoms. The lowest BCUT2D eigenvalue weighted by Gasteiger charge is -2.36. The van der Waals surface area contributed by atoms with Gasteiger partial charge in [0.15, 0.2) is 0 Å². The van der Waals surface area contributed by atoms with Crippen molar-refractivity contribution >= 4 is 22.5 Å². The number of carbonyl (C=O) groups is 1. The highest BCUT2D eigenvalue weighted by atomic mass is 16.5. The monoisotopic (exact) mass is 366 g/mol. The first-order chi connectivity index (χ1) is 13.2. The lowest BCUT2D eigenvalue weighted by molar-refractivity contribution is 0.149. The van der Waals surface area contributed by atoms with Crippen molar-refractivity contribution in [2.75, 3.05) is 20.3 Å². The Morgan fingerprint density at radius 1 is 1.26 bits per heavy atom. The standard InChI is InChI=1S/C21H26N4O2/c1-24-18-3-4-19(24)12-17(11-18)23-21(26)25-20-5-2-15(10-16(20)13-22-25)14-6-8-27-9-7-14/h2,5-6,10,13,17-19H,3-4,7-9,11-12H2,1H3,(H,23,26). The largest absolute Gasteiger partial charge is 0.377 e. The third-order valence-corrected chi connectivity index (χ3v) is 6.52. The van der Waals surface area contributed by atoms with Gasteiger partial charge in [0.25, 0.3) is 0 Å². The number of benzene rings is 1. The third kappa shape index (κ3) is 3.07. The molecule has 2 atom stereocenters. The van der Waals surface area contributed by atoms with Gasteiger partial charge >= 0.3 is 6.03 Å². The fourth-order valence-electron chi connectivity index (χ4n) is 4.95. The lowest BCUT2D eigenvalue weighted by Crippen LogP contribution is -2.49. The number of amides is 1. The Labute approximate surface area is 159 Å². The normalized spacial score (nSPS) is 28.3. The number of piperidine rings is 1. The van der Waals surface area contributed by atoms with E-state index in [1.807, 2.05) is 6.07 Å². The summed E-state index contributed by atoms with van der Waals surface area (Å²) < 4.78 is 6.91. The molecule has 142 valence electrons. The van der Waals surface area contributed by atoms with Crippen molar-refractivity contribution < 1.29 is 9.53 Å². The maximum absolute atomic E-state index is 12.8. The number of ether oxygens (including phenoxy) is 1. The summed E-state index contributed by atoms with van der Waals surface area (Å²) in [6, 6.07) is 7.57. The number of nitrogens with one attached hydrogen (secondary N) is 1. The molecule has 1 aromatic heterocycles. The molecule has 2 bridgehead atoms. The molecule has 3 aliphatic rings. The zero-order valence-electron chi connectivity index (χ0n) is 15.7. The van der Waals surface area contributed by atoms with E-state index in [1.165, 1.54) is 28.7 Å². The number of fused-ring (bicyclic) bond motifs is 3. The van der Waals surface area contributed by atoms with Gasteiger partial charge in [-0.25, -0.2) is 4.79 Å². The molecule has 0 spiro atoms. The summed E-state index contributed by atoms with van der Waals surface area (Å²) in [7, 11) is 2.22. The van der Waals surface area contributed by atoms with Crippen LogP contribution in [0.1, 0.15) is 37.7 Å². The second kappa shape index (κ2) is 6.77. The summed E-state index contributed by atoms with van der Waals surface area (Å²) in [5.74, 6) is 0. The van der Waals surface area contributed by atoms with Crippen LogP contribution in [0.25, 0.3) is 16.5 Å². The molecule has 27 heavy (non-hydrogen) atoms. The zero-order valence-corrected chi connectivity index (χ0v) is 15.7. The Morgan fingerprint density at radius 3 is 2.81 bits per heavy atom. The van der Waals surface area contributed by atoms with Gasteiger partial charge in [0.2, 0.25) is 0 Å². The first-order valence-corrected chi connectivity index (χ1v) is 9.97. The molecule has 2 unspecified atom stereocenters. The number of nitrogens with zero attached hydrogens (tertiary/aromatic N) is 3. The van der Waals surface area contributed by atoms with E-state index in [9.17, 15) is 4.79 Å². The van der Waals surface area contributed by atoms with E-state index in [0.717, 1.165) is 36.8 Å². The summed E-state index contributed by atoms with van der Waals surface area (Å²) in [6.45, 7) is 1.44. The van der Waals surface area contributed by atoms with Crippen LogP contribution in [0.3, 0.4) is 0 Å². The maximum atomic E-state index is 12.8. The molecule has 2 aromatic rings. The molecule has 1 N–H and O–H groups in total. The molecule has 2 saturated heterocycles. The fourth-order valence-corrected chi connectivity index (χ4v) is 4.95. The van der Waals surface area contributed by atoms with Crippen LogP contribution in [0.2, 0.25) is 0 Å². The van der Waals surface area contributed by atoms with E-state index in [2.05, 4.69) is 40.6 Å². The molecule has 3 aliphatic heterocycles. The summed E-state index contributed by atoms with van der Waals surface area (Å²) in [5.41, 5.74) is 3.36. The summed E-state index contributed by atoms with van der Waals surface area (Å²) in [6.07, 6.45) is 9.44. The number of hydrogen-bond donors (Lipinski definition) is 1. The Morgan fingerprint density at radius 2 is 2.07 bits per heavy atom. The van der Waals surface area contributed by atoms with Crippen molar-refractivity contribution in [3.05, 3.63) is 36.0 Å². The maximum Gasteiger partial charge on any atom is 0.342 e. The molecule has 0 aliphatic carbocycles. The highest BCUT2D eigenvalue weighted by Crippen LogP contribution is 2.34. The van der Waals surface area contributed by atoms with Crippen molar-refractivity contribution in [2.24, 2.45) is 0 Å². The topological polar surface area (TPSA) is 59.4 Å². The predicted octanol–water partition coefficient (Wildman–Crippen LogP) is 3.02. The van der Waals surface area contributed by atoms with Gasteiger partial charge in [-0.05, 0) is 62.4 Å². The molecule has 0 radical (unpaired) electrons. The van der Waals surface area contributed by atoms with Crippen LogP contribution in [0.15, 0.2) is 30.5 Å². The number of aromatic nitrogens is 2. The van der Waals surface area contributed by atoms with E-state index in [1.54, 1.807) is 6.20 Å². The fraction of sp³-hybridized carbons (Fsp3) is 0.524. The number of hydrogen-bond acceptors (Lipinski definition) is 4.